The van der Waals surface area contributed by atoms with Crippen LogP contribution >= 0.6 is 11.3 Å². The van der Waals surface area contributed by atoms with E-state index in [4.69, 9.17) is 9.15 Å². The fourth-order valence-corrected chi connectivity index (χ4v) is 3.77. The Bertz CT molecular complexity index is 1340. The van der Waals surface area contributed by atoms with Gasteiger partial charge in [0.15, 0.2) is 16.7 Å². The monoisotopic (exact) mass is 415 g/mol. The Kier molecular flexibility index (Phi) is 4.65. The lowest BCUT2D eigenvalue weighted by molar-refractivity contribution is -0.122. The zero-order valence-corrected chi connectivity index (χ0v) is 16.8. The maximum atomic E-state index is 12.7. The van der Waals surface area contributed by atoms with E-state index in [0.717, 1.165) is 10.8 Å². The second kappa shape index (κ2) is 7.61. The van der Waals surface area contributed by atoms with Gasteiger partial charge in [-0.05, 0) is 36.6 Å². The average molecular weight is 415 g/mol. The molecule has 7 heteroatoms. The number of rotatable bonds is 5. The molecule has 0 aliphatic rings. The number of aromatic nitrogens is 2. The highest BCUT2D eigenvalue weighted by Crippen LogP contribution is 2.28. The number of benzene rings is 3. The summed E-state index contributed by atoms with van der Waals surface area (Å²) >= 11 is 1.46. The molecule has 0 radical (unpaired) electrons. The lowest BCUT2D eigenvalue weighted by Gasteiger charge is -2.16. The third-order valence-corrected chi connectivity index (χ3v) is 5.45. The first-order chi connectivity index (χ1) is 14.7. The number of ether oxygens (including phenoxy) is 1. The van der Waals surface area contributed by atoms with E-state index in [0.29, 0.717) is 33.4 Å². The maximum Gasteiger partial charge on any atom is 0.265 e. The number of amides is 1. The molecule has 5 aromatic rings. The first kappa shape index (κ1) is 18.3. The van der Waals surface area contributed by atoms with Crippen molar-refractivity contribution in [3.8, 4) is 16.6 Å². The molecule has 2 heterocycles. The summed E-state index contributed by atoms with van der Waals surface area (Å²) in [5.74, 6) is 0.901. The van der Waals surface area contributed by atoms with E-state index < -0.39 is 6.10 Å². The van der Waals surface area contributed by atoms with Gasteiger partial charge in [-0.25, -0.2) is 9.97 Å². The minimum atomic E-state index is -0.672. The van der Waals surface area contributed by atoms with Crippen LogP contribution < -0.4 is 10.1 Å². The van der Waals surface area contributed by atoms with Gasteiger partial charge in [0, 0.05) is 22.7 Å². The molecule has 0 saturated heterocycles. The van der Waals surface area contributed by atoms with E-state index in [1.165, 1.54) is 11.3 Å². The lowest BCUT2D eigenvalue weighted by atomic mass is 10.1. The van der Waals surface area contributed by atoms with Gasteiger partial charge in [0.25, 0.3) is 11.8 Å². The number of carbonyl (C=O) groups excluding carboxylic acids is 1. The fourth-order valence-electron chi connectivity index (χ4n) is 3.21. The molecule has 0 bridgehead atoms. The van der Waals surface area contributed by atoms with Gasteiger partial charge >= 0.3 is 0 Å². The number of hydrogen-bond donors (Lipinski definition) is 1. The molecule has 6 nitrogen and oxygen atoms in total. The van der Waals surface area contributed by atoms with Crippen molar-refractivity contribution in [2.24, 2.45) is 0 Å². The van der Waals surface area contributed by atoms with Crippen LogP contribution in [0.1, 0.15) is 6.92 Å². The molecule has 2 aromatic heterocycles. The minimum Gasteiger partial charge on any atom is -0.480 e. The molecule has 0 fully saturated rings. The molecular formula is C23H17N3O3S. The van der Waals surface area contributed by atoms with Crippen LogP contribution in [0.3, 0.4) is 0 Å². The predicted octanol–water partition coefficient (Wildman–Crippen LogP) is 5.51. The quantitative estimate of drug-likeness (QED) is 0.409. The molecular weight excluding hydrogens is 398 g/mol. The number of nitrogens with one attached hydrogen (secondary N) is 1. The lowest BCUT2D eigenvalue weighted by Crippen LogP contribution is -2.30. The van der Waals surface area contributed by atoms with Crippen molar-refractivity contribution < 1.29 is 13.9 Å². The van der Waals surface area contributed by atoms with Crippen LogP contribution in [0, 0.1) is 0 Å². The number of hydrogen-bond acceptors (Lipinski definition) is 6. The van der Waals surface area contributed by atoms with Crippen LogP contribution in [0.4, 0.5) is 5.69 Å². The van der Waals surface area contributed by atoms with E-state index in [1.807, 2.05) is 47.8 Å². The van der Waals surface area contributed by atoms with Crippen LogP contribution in [0.15, 0.2) is 76.7 Å². The molecule has 5 rings (SSSR count). The normalized spacial score (nSPS) is 12.2. The Balaban J connectivity index is 1.33. The van der Waals surface area contributed by atoms with Crippen LogP contribution in [0.25, 0.3) is 32.8 Å². The summed E-state index contributed by atoms with van der Waals surface area (Å²) < 4.78 is 11.7. The molecule has 1 atom stereocenters. The van der Waals surface area contributed by atoms with Gasteiger partial charge in [0.05, 0.1) is 0 Å². The van der Waals surface area contributed by atoms with Crippen molar-refractivity contribution in [2.75, 3.05) is 5.32 Å². The molecule has 1 N–H and O–H groups in total. The van der Waals surface area contributed by atoms with E-state index in [-0.39, 0.29) is 5.91 Å². The minimum absolute atomic E-state index is 0.245. The molecule has 1 amide bonds. The second-order valence-corrected chi connectivity index (χ2v) is 7.66. The summed E-state index contributed by atoms with van der Waals surface area (Å²) in [4.78, 5) is 21.4. The smallest absolute Gasteiger partial charge is 0.265 e. The van der Waals surface area contributed by atoms with Crippen LogP contribution in [-0.2, 0) is 4.79 Å². The summed E-state index contributed by atoms with van der Waals surface area (Å²) in [7, 11) is 0. The van der Waals surface area contributed by atoms with Crippen LogP contribution in [-0.4, -0.2) is 22.0 Å². The van der Waals surface area contributed by atoms with Crippen molar-refractivity contribution in [1.82, 2.24) is 9.97 Å². The Morgan fingerprint density at radius 3 is 2.87 bits per heavy atom. The highest BCUT2D eigenvalue weighted by Gasteiger charge is 2.17. The molecule has 30 heavy (non-hydrogen) atoms. The highest BCUT2D eigenvalue weighted by atomic mass is 32.1. The van der Waals surface area contributed by atoms with Gasteiger partial charge in [0.1, 0.15) is 11.3 Å². The summed E-state index contributed by atoms with van der Waals surface area (Å²) in [6, 6.07) is 19.1. The Morgan fingerprint density at radius 1 is 1.13 bits per heavy atom. The van der Waals surface area contributed by atoms with Crippen molar-refractivity contribution in [3.05, 3.63) is 72.2 Å². The number of anilines is 1. The zero-order valence-electron chi connectivity index (χ0n) is 16.0. The zero-order chi connectivity index (χ0) is 20.5. The third kappa shape index (κ3) is 3.51. The number of fused-ring (bicyclic) bond motifs is 2. The van der Waals surface area contributed by atoms with Gasteiger partial charge in [-0.2, -0.15) is 0 Å². The molecule has 0 aliphatic heterocycles. The van der Waals surface area contributed by atoms with Gasteiger partial charge in [-0.3, -0.25) is 4.79 Å². The number of thiazole rings is 1. The Hall–Kier alpha value is -3.71. The van der Waals surface area contributed by atoms with Crippen LogP contribution in [0.2, 0.25) is 0 Å². The van der Waals surface area contributed by atoms with Crippen molar-refractivity contribution in [3.63, 3.8) is 0 Å². The SMILES string of the molecule is CC(Oc1cccc2ccccc12)C(=O)Nc1ccc2oc(-c3nccs3)nc2c1. The van der Waals surface area contributed by atoms with E-state index in [9.17, 15) is 4.79 Å². The Morgan fingerprint density at radius 2 is 2.00 bits per heavy atom. The first-order valence-electron chi connectivity index (χ1n) is 9.43. The Labute approximate surface area is 176 Å². The van der Waals surface area contributed by atoms with Crippen molar-refractivity contribution in [1.29, 1.82) is 0 Å². The van der Waals surface area contributed by atoms with Crippen molar-refractivity contribution >= 4 is 44.8 Å². The summed E-state index contributed by atoms with van der Waals surface area (Å²) in [5, 5.41) is 7.51. The standard InChI is InChI=1S/C23H17N3O3S/c1-14(28-19-8-4-6-15-5-2-3-7-17(15)19)21(27)25-16-9-10-20-18(13-16)26-22(29-20)23-24-11-12-30-23/h2-14H,1H3,(H,25,27). The summed E-state index contributed by atoms with van der Waals surface area (Å²) in [5.41, 5.74) is 1.92. The number of carbonyl (C=O) groups is 1. The molecule has 0 spiro atoms. The third-order valence-electron chi connectivity index (χ3n) is 4.69. The topological polar surface area (TPSA) is 77.2 Å². The first-order valence-corrected chi connectivity index (χ1v) is 10.3. The maximum absolute atomic E-state index is 12.7. The average Bonchev–Trinajstić information content (AvgIpc) is 3.43. The molecule has 0 saturated carbocycles. The largest absolute Gasteiger partial charge is 0.480 e. The number of nitrogens with zero attached hydrogens (tertiary/aromatic N) is 2. The molecule has 0 aliphatic carbocycles. The summed E-state index contributed by atoms with van der Waals surface area (Å²) in [6.07, 6.45) is 1.03. The molecule has 148 valence electrons. The highest BCUT2D eigenvalue weighted by molar-refractivity contribution is 7.12. The van der Waals surface area contributed by atoms with Crippen molar-refractivity contribution in [2.45, 2.75) is 13.0 Å². The summed E-state index contributed by atoms with van der Waals surface area (Å²) in [6.45, 7) is 1.73. The van der Waals surface area contributed by atoms with Gasteiger partial charge < -0.3 is 14.5 Å². The van der Waals surface area contributed by atoms with Gasteiger partial charge in [-0.15, -0.1) is 11.3 Å². The van der Waals surface area contributed by atoms with Crippen LogP contribution in [0.5, 0.6) is 5.75 Å². The van der Waals surface area contributed by atoms with Gasteiger partial charge in [0.2, 0.25) is 0 Å². The fraction of sp³-hybridized carbons (Fsp3) is 0.0870. The predicted molar refractivity (Wildman–Crippen MR) is 118 cm³/mol. The van der Waals surface area contributed by atoms with E-state index >= 15 is 0 Å². The molecule has 3 aromatic carbocycles. The second-order valence-electron chi connectivity index (χ2n) is 6.77. The van der Waals surface area contributed by atoms with Gasteiger partial charge in [-0.1, -0.05) is 36.4 Å². The molecule has 1 unspecified atom stereocenters. The van der Waals surface area contributed by atoms with E-state index in [1.54, 1.807) is 31.3 Å². The number of oxazole rings is 1. The van der Waals surface area contributed by atoms with E-state index in [2.05, 4.69) is 15.3 Å².